The fourth-order valence-corrected chi connectivity index (χ4v) is 2.75. The Bertz CT molecular complexity index is 720. The molecule has 0 atom stereocenters. The van der Waals surface area contributed by atoms with Gasteiger partial charge in [-0.25, -0.2) is 8.42 Å². The zero-order chi connectivity index (χ0) is 14.6. The number of benzene rings is 2. The minimum atomic E-state index is -3.29. The van der Waals surface area contributed by atoms with Crippen molar-refractivity contribution in [2.24, 2.45) is 0 Å². The molecule has 0 N–H and O–H groups in total. The summed E-state index contributed by atoms with van der Waals surface area (Å²) in [5, 5.41) is 0. The first-order valence-electron chi connectivity index (χ1n) is 5.97. The Morgan fingerprint density at radius 1 is 1.10 bits per heavy atom. The first-order chi connectivity index (χ1) is 9.50. The Balaban J connectivity index is 2.21. The molecular formula is C15H14O4S. The van der Waals surface area contributed by atoms with E-state index in [0.717, 1.165) is 6.29 Å². The van der Waals surface area contributed by atoms with Gasteiger partial charge in [-0.2, -0.15) is 0 Å². The third kappa shape index (κ3) is 3.45. The molecule has 0 aliphatic rings. The number of aldehydes is 1. The number of hydrogen-bond acceptors (Lipinski definition) is 4. The molecule has 0 heterocycles. The number of ether oxygens (including phenoxy) is 1. The van der Waals surface area contributed by atoms with Crippen LogP contribution in [0, 0.1) is 0 Å². The van der Waals surface area contributed by atoms with E-state index in [2.05, 4.69) is 0 Å². The summed E-state index contributed by atoms with van der Waals surface area (Å²) >= 11 is 0. The molecule has 2 aromatic carbocycles. The molecule has 2 aromatic rings. The summed E-state index contributed by atoms with van der Waals surface area (Å²) in [7, 11) is -3.29. The largest absolute Gasteiger partial charge is 0.489 e. The normalized spacial score (nSPS) is 11.1. The molecule has 0 saturated carbocycles. The molecule has 0 amide bonds. The molecule has 0 aliphatic carbocycles. The van der Waals surface area contributed by atoms with E-state index in [0.29, 0.717) is 16.9 Å². The van der Waals surface area contributed by atoms with Gasteiger partial charge >= 0.3 is 0 Å². The van der Waals surface area contributed by atoms with Gasteiger partial charge in [0.1, 0.15) is 18.6 Å². The van der Waals surface area contributed by atoms with Crippen molar-refractivity contribution >= 4 is 16.1 Å². The molecule has 0 aliphatic heterocycles. The van der Waals surface area contributed by atoms with Crippen molar-refractivity contribution < 1.29 is 17.9 Å². The van der Waals surface area contributed by atoms with E-state index in [-0.39, 0.29) is 11.5 Å². The molecule has 0 spiro atoms. The van der Waals surface area contributed by atoms with Gasteiger partial charge < -0.3 is 4.74 Å². The standard InChI is InChI=1S/C15H14O4S/c1-20(17,18)15-8-3-2-6-13(15)11-19-14-7-4-5-12(9-14)10-16/h2-10H,11H2,1H3. The molecule has 5 heteroatoms. The van der Waals surface area contributed by atoms with Crippen molar-refractivity contribution in [1.82, 2.24) is 0 Å². The predicted molar refractivity (Wildman–Crippen MR) is 75.7 cm³/mol. The number of carbonyl (C=O) groups is 1. The van der Waals surface area contributed by atoms with Gasteiger partial charge in [0.25, 0.3) is 0 Å². The van der Waals surface area contributed by atoms with Crippen molar-refractivity contribution in [3.63, 3.8) is 0 Å². The Labute approximate surface area is 117 Å². The highest BCUT2D eigenvalue weighted by Gasteiger charge is 2.12. The van der Waals surface area contributed by atoms with Crippen molar-refractivity contribution in [2.45, 2.75) is 11.5 Å². The molecule has 20 heavy (non-hydrogen) atoms. The second kappa shape index (κ2) is 5.88. The first-order valence-corrected chi connectivity index (χ1v) is 7.86. The van der Waals surface area contributed by atoms with E-state index in [4.69, 9.17) is 4.74 Å². The fourth-order valence-electron chi connectivity index (χ4n) is 1.82. The van der Waals surface area contributed by atoms with E-state index in [1.165, 1.54) is 6.26 Å². The van der Waals surface area contributed by atoms with E-state index in [1.54, 1.807) is 48.5 Å². The third-order valence-electron chi connectivity index (χ3n) is 2.76. The van der Waals surface area contributed by atoms with Crippen LogP contribution in [0.3, 0.4) is 0 Å². The summed E-state index contributed by atoms with van der Waals surface area (Å²) in [6.45, 7) is 0.131. The lowest BCUT2D eigenvalue weighted by molar-refractivity contribution is 0.112. The predicted octanol–water partition coefficient (Wildman–Crippen LogP) is 2.48. The molecule has 4 nitrogen and oxygen atoms in total. The molecule has 2 rings (SSSR count). The van der Waals surface area contributed by atoms with Gasteiger partial charge in [-0.05, 0) is 18.2 Å². The summed E-state index contributed by atoms with van der Waals surface area (Å²) in [6, 6.07) is 13.4. The quantitative estimate of drug-likeness (QED) is 0.794. The monoisotopic (exact) mass is 290 g/mol. The lowest BCUT2D eigenvalue weighted by atomic mass is 10.2. The van der Waals surface area contributed by atoms with Crippen LogP contribution in [0.25, 0.3) is 0 Å². The highest BCUT2D eigenvalue weighted by atomic mass is 32.2. The maximum Gasteiger partial charge on any atom is 0.175 e. The molecule has 0 fully saturated rings. The average molecular weight is 290 g/mol. The summed E-state index contributed by atoms with van der Waals surface area (Å²) in [5.74, 6) is 0.526. The average Bonchev–Trinajstić information content (AvgIpc) is 2.44. The van der Waals surface area contributed by atoms with Crippen molar-refractivity contribution in [1.29, 1.82) is 0 Å². The number of sulfone groups is 1. The minimum Gasteiger partial charge on any atom is -0.489 e. The SMILES string of the molecule is CS(=O)(=O)c1ccccc1COc1cccc(C=O)c1. The lowest BCUT2D eigenvalue weighted by Gasteiger charge is -2.10. The summed E-state index contributed by atoms with van der Waals surface area (Å²) in [6.07, 6.45) is 1.90. The van der Waals surface area contributed by atoms with Crippen LogP contribution in [0.5, 0.6) is 5.75 Å². The van der Waals surface area contributed by atoms with E-state index in [1.807, 2.05) is 0 Å². The van der Waals surface area contributed by atoms with E-state index in [9.17, 15) is 13.2 Å². The molecule has 0 aromatic heterocycles. The van der Waals surface area contributed by atoms with Crippen molar-refractivity contribution in [2.75, 3.05) is 6.26 Å². The Morgan fingerprint density at radius 2 is 1.85 bits per heavy atom. The van der Waals surface area contributed by atoms with Crippen molar-refractivity contribution in [3.05, 3.63) is 59.7 Å². The van der Waals surface area contributed by atoms with Crippen LogP contribution in [0.15, 0.2) is 53.4 Å². The zero-order valence-electron chi connectivity index (χ0n) is 10.9. The molecule has 0 bridgehead atoms. The maximum absolute atomic E-state index is 11.7. The first kappa shape index (κ1) is 14.3. The smallest absolute Gasteiger partial charge is 0.175 e. The molecule has 0 radical (unpaired) electrons. The third-order valence-corrected chi connectivity index (χ3v) is 3.96. The van der Waals surface area contributed by atoms with Crippen LogP contribution >= 0.6 is 0 Å². The Kier molecular flexibility index (Phi) is 4.20. The zero-order valence-corrected chi connectivity index (χ0v) is 11.8. The van der Waals surface area contributed by atoms with Crippen LogP contribution < -0.4 is 4.74 Å². The highest BCUT2D eigenvalue weighted by molar-refractivity contribution is 7.90. The second-order valence-corrected chi connectivity index (χ2v) is 6.34. The fraction of sp³-hybridized carbons (Fsp3) is 0.133. The van der Waals surface area contributed by atoms with Crippen LogP contribution in [0.4, 0.5) is 0 Å². The van der Waals surface area contributed by atoms with Gasteiger partial charge in [-0.15, -0.1) is 0 Å². The molecule has 104 valence electrons. The molecule has 0 unspecified atom stereocenters. The van der Waals surface area contributed by atoms with Gasteiger partial charge in [0, 0.05) is 17.4 Å². The maximum atomic E-state index is 11.7. The molecular weight excluding hydrogens is 276 g/mol. The van der Waals surface area contributed by atoms with Crippen LogP contribution in [0.2, 0.25) is 0 Å². The van der Waals surface area contributed by atoms with E-state index < -0.39 is 9.84 Å². The highest BCUT2D eigenvalue weighted by Crippen LogP contribution is 2.19. The number of hydrogen-bond donors (Lipinski definition) is 0. The van der Waals surface area contributed by atoms with Gasteiger partial charge in [0.2, 0.25) is 0 Å². The number of carbonyl (C=O) groups excluding carboxylic acids is 1. The second-order valence-electron chi connectivity index (χ2n) is 4.36. The Morgan fingerprint density at radius 3 is 2.55 bits per heavy atom. The summed E-state index contributed by atoms with van der Waals surface area (Å²) in [4.78, 5) is 10.9. The summed E-state index contributed by atoms with van der Waals surface area (Å²) in [5.41, 5.74) is 1.10. The molecule has 0 saturated heterocycles. The van der Waals surface area contributed by atoms with Crippen molar-refractivity contribution in [3.8, 4) is 5.75 Å². The minimum absolute atomic E-state index is 0.131. The Hall–Kier alpha value is -2.14. The van der Waals surface area contributed by atoms with Gasteiger partial charge in [-0.3, -0.25) is 4.79 Å². The number of rotatable bonds is 5. The lowest BCUT2D eigenvalue weighted by Crippen LogP contribution is -2.05. The van der Waals surface area contributed by atoms with Gasteiger partial charge in [0.15, 0.2) is 9.84 Å². The topological polar surface area (TPSA) is 60.4 Å². The van der Waals surface area contributed by atoms with Gasteiger partial charge in [0.05, 0.1) is 4.90 Å². The van der Waals surface area contributed by atoms with Crippen LogP contribution in [0.1, 0.15) is 15.9 Å². The van der Waals surface area contributed by atoms with E-state index >= 15 is 0 Å². The summed E-state index contributed by atoms with van der Waals surface area (Å²) < 4.78 is 28.9. The van der Waals surface area contributed by atoms with Gasteiger partial charge in [-0.1, -0.05) is 30.3 Å². The van der Waals surface area contributed by atoms with Crippen LogP contribution in [-0.4, -0.2) is 21.0 Å². The van der Waals surface area contributed by atoms with Crippen LogP contribution in [-0.2, 0) is 16.4 Å².